The van der Waals surface area contributed by atoms with Gasteiger partial charge in [-0.25, -0.2) is 9.29 Å². The van der Waals surface area contributed by atoms with Crippen LogP contribution in [0.4, 0.5) is 15.8 Å². The smallest absolute Gasteiger partial charge is 0.282 e. The van der Waals surface area contributed by atoms with Crippen molar-refractivity contribution in [2.24, 2.45) is 0 Å². The molecule has 1 aliphatic heterocycles. The Kier molecular flexibility index (Phi) is 5.19. The molecule has 0 fully saturated rings. The number of halogens is 1. The zero-order valence-corrected chi connectivity index (χ0v) is 16.8. The first-order valence-electron chi connectivity index (χ1n) is 9.79. The van der Waals surface area contributed by atoms with E-state index in [1.807, 2.05) is 55.5 Å². The number of carbonyl (C=O) groups is 2. The van der Waals surface area contributed by atoms with Crippen LogP contribution in [0.2, 0.25) is 0 Å². The highest BCUT2D eigenvalue weighted by Gasteiger charge is 2.40. The van der Waals surface area contributed by atoms with Crippen LogP contribution in [0.5, 0.6) is 0 Å². The van der Waals surface area contributed by atoms with E-state index in [0.717, 1.165) is 16.9 Å². The number of hydrogen-bond acceptors (Lipinski definition) is 3. The van der Waals surface area contributed by atoms with E-state index in [1.54, 1.807) is 0 Å². The fraction of sp³-hybridized carbons (Fsp3) is 0.120. The minimum Gasteiger partial charge on any atom is -0.350 e. The Balaban J connectivity index is 1.78. The molecule has 1 N–H and O–H groups in total. The van der Waals surface area contributed by atoms with Gasteiger partial charge in [-0.1, -0.05) is 48.9 Å². The third-order valence-electron chi connectivity index (χ3n) is 5.14. The standard InChI is InChI=1S/C25H21FN2O2/c1-3-17-6-12-20(13-7-17)27-23-22(18-8-4-16(2)5-9-18)24(29)28(25(23)30)21-14-10-19(26)11-15-21/h4-15,27H,3H2,1-2H3. The van der Waals surface area contributed by atoms with Gasteiger partial charge in [0.1, 0.15) is 11.5 Å². The van der Waals surface area contributed by atoms with Gasteiger partial charge in [0.2, 0.25) is 0 Å². The molecule has 1 heterocycles. The SMILES string of the molecule is CCc1ccc(NC2=C(c3ccc(C)cc3)C(=O)N(c3ccc(F)cc3)C2=O)cc1. The highest BCUT2D eigenvalue weighted by Crippen LogP contribution is 2.34. The molecule has 2 amide bonds. The largest absolute Gasteiger partial charge is 0.350 e. The van der Waals surface area contributed by atoms with E-state index >= 15 is 0 Å². The number of carbonyl (C=O) groups excluding carboxylic acids is 2. The molecule has 4 rings (SSSR count). The zero-order chi connectivity index (χ0) is 21.3. The van der Waals surface area contributed by atoms with Crippen LogP contribution in [0.25, 0.3) is 5.57 Å². The van der Waals surface area contributed by atoms with E-state index in [-0.39, 0.29) is 5.70 Å². The molecule has 0 bridgehead atoms. The summed E-state index contributed by atoms with van der Waals surface area (Å²) in [4.78, 5) is 27.7. The molecule has 1 aliphatic rings. The van der Waals surface area contributed by atoms with E-state index in [4.69, 9.17) is 0 Å². The van der Waals surface area contributed by atoms with Crippen LogP contribution in [0.15, 0.2) is 78.5 Å². The molecular formula is C25H21FN2O2. The molecule has 0 saturated carbocycles. The maximum absolute atomic E-state index is 13.4. The molecule has 3 aromatic rings. The molecule has 150 valence electrons. The average Bonchev–Trinajstić information content (AvgIpc) is 3.00. The second kappa shape index (κ2) is 7.95. The number of anilines is 2. The molecule has 4 nitrogen and oxygen atoms in total. The van der Waals surface area contributed by atoms with Gasteiger partial charge in [0.15, 0.2) is 0 Å². The van der Waals surface area contributed by atoms with Gasteiger partial charge in [0.25, 0.3) is 11.8 Å². The van der Waals surface area contributed by atoms with Crippen LogP contribution in [-0.2, 0) is 16.0 Å². The summed E-state index contributed by atoms with van der Waals surface area (Å²) in [7, 11) is 0. The first-order valence-corrected chi connectivity index (χ1v) is 9.79. The van der Waals surface area contributed by atoms with Crippen LogP contribution in [0.1, 0.15) is 23.6 Å². The predicted octanol–water partition coefficient (Wildman–Crippen LogP) is 5.09. The lowest BCUT2D eigenvalue weighted by Crippen LogP contribution is -2.32. The van der Waals surface area contributed by atoms with Gasteiger partial charge < -0.3 is 5.32 Å². The number of imide groups is 1. The summed E-state index contributed by atoms with van der Waals surface area (Å²) in [5.41, 5.74) is 4.42. The normalized spacial score (nSPS) is 13.9. The summed E-state index contributed by atoms with van der Waals surface area (Å²) in [6.07, 6.45) is 0.910. The lowest BCUT2D eigenvalue weighted by atomic mass is 10.0. The Morgan fingerprint density at radius 2 is 1.47 bits per heavy atom. The fourth-order valence-corrected chi connectivity index (χ4v) is 3.43. The molecule has 0 aliphatic carbocycles. The first kappa shape index (κ1) is 19.6. The van der Waals surface area contributed by atoms with Crippen molar-refractivity contribution >= 4 is 28.8 Å². The number of aryl methyl sites for hydroxylation is 2. The maximum atomic E-state index is 13.4. The van der Waals surface area contributed by atoms with Crippen LogP contribution in [0, 0.1) is 12.7 Å². The van der Waals surface area contributed by atoms with E-state index < -0.39 is 17.6 Å². The molecule has 5 heteroatoms. The average molecular weight is 400 g/mol. The maximum Gasteiger partial charge on any atom is 0.282 e. The van der Waals surface area contributed by atoms with E-state index in [0.29, 0.717) is 22.5 Å². The number of hydrogen-bond donors (Lipinski definition) is 1. The van der Waals surface area contributed by atoms with Crippen molar-refractivity contribution in [3.05, 3.63) is 101 Å². The monoisotopic (exact) mass is 400 g/mol. The fourth-order valence-electron chi connectivity index (χ4n) is 3.43. The van der Waals surface area contributed by atoms with Gasteiger partial charge in [-0.2, -0.15) is 0 Å². The Morgan fingerprint density at radius 3 is 2.07 bits per heavy atom. The van der Waals surface area contributed by atoms with Gasteiger partial charge in [-0.15, -0.1) is 0 Å². The number of nitrogens with zero attached hydrogens (tertiary/aromatic N) is 1. The summed E-state index contributed by atoms with van der Waals surface area (Å²) in [5, 5.41) is 3.14. The quantitative estimate of drug-likeness (QED) is 0.607. The van der Waals surface area contributed by atoms with Crippen LogP contribution in [-0.4, -0.2) is 11.8 Å². The predicted molar refractivity (Wildman–Crippen MR) is 116 cm³/mol. The van der Waals surface area contributed by atoms with Gasteiger partial charge >= 0.3 is 0 Å². The van der Waals surface area contributed by atoms with Gasteiger partial charge in [0.05, 0.1) is 11.3 Å². The first-order chi connectivity index (χ1) is 14.5. The molecule has 0 saturated heterocycles. The zero-order valence-electron chi connectivity index (χ0n) is 16.8. The molecule has 0 radical (unpaired) electrons. The third-order valence-corrected chi connectivity index (χ3v) is 5.14. The minimum atomic E-state index is -0.471. The van der Waals surface area contributed by atoms with Crippen LogP contribution < -0.4 is 10.2 Å². The highest BCUT2D eigenvalue weighted by atomic mass is 19.1. The van der Waals surface area contributed by atoms with Crippen LogP contribution >= 0.6 is 0 Å². The van der Waals surface area contributed by atoms with Crippen molar-refractivity contribution < 1.29 is 14.0 Å². The molecule has 0 atom stereocenters. The van der Waals surface area contributed by atoms with Gasteiger partial charge in [0, 0.05) is 5.69 Å². The molecule has 3 aromatic carbocycles. The molecule has 30 heavy (non-hydrogen) atoms. The third kappa shape index (κ3) is 3.62. The van der Waals surface area contributed by atoms with E-state index in [9.17, 15) is 14.0 Å². The highest BCUT2D eigenvalue weighted by molar-refractivity contribution is 6.46. The topological polar surface area (TPSA) is 49.4 Å². The van der Waals surface area contributed by atoms with Crippen molar-refractivity contribution in [2.75, 3.05) is 10.2 Å². The second-order valence-electron chi connectivity index (χ2n) is 7.21. The number of benzene rings is 3. The molecular weight excluding hydrogens is 379 g/mol. The summed E-state index contributed by atoms with van der Waals surface area (Å²) in [6.45, 7) is 4.03. The lowest BCUT2D eigenvalue weighted by molar-refractivity contribution is -0.120. The summed E-state index contributed by atoms with van der Waals surface area (Å²) in [6, 6.07) is 20.5. The Morgan fingerprint density at radius 1 is 0.833 bits per heavy atom. The molecule has 0 aromatic heterocycles. The molecule has 0 unspecified atom stereocenters. The molecule has 0 spiro atoms. The van der Waals surface area contributed by atoms with Crippen molar-refractivity contribution in [3.8, 4) is 0 Å². The lowest BCUT2D eigenvalue weighted by Gasteiger charge is -2.15. The van der Waals surface area contributed by atoms with E-state index in [1.165, 1.54) is 29.8 Å². The summed E-state index contributed by atoms with van der Waals surface area (Å²) < 4.78 is 13.4. The van der Waals surface area contributed by atoms with E-state index in [2.05, 4.69) is 12.2 Å². The van der Waals surface area contributed by atoms with Crippen molar-refractivity contribution in [1.29, 1.82) is 0 Å². The number of amides is 2. The van der Waals surface area contributed by atoms with Crippen molar-refractivity contribution in [1.82, 2.24) is 0 Å². The summed E-state index contributed by atoms with van der Waals surface area (Å²) in [5.74, 6) is -1.34. The van der Waals surface area contributed by atoms with Gasteiger partial charge in [-0.05, 0) is 60.9 Å². The summed E-state index contributed by atoms with van der Waals surface area (Å²) >= 11 is 0. The second-order valence-corrected chi connectivity index (χ2v) is 7.21. The van der Waals surface area contributed by atoms with Crippen molar-refractivity contribution in [3.63, 3.8) is 0 Å². The van der Waals surface area contributed by atoms with Crippen molar-refractivity contribution in [2.45, 2.75) is 20.3 Å². The minimum absolute atomic E-state index is 0.206. The number of rotatable bonds is 5. The van der Waals surface area contributed by atoms with Gasteiger partial charge in [-0.3, -0.25) is 9.59 Å². The Labute approximate surface area is 174 Å². The Bertz CT molecular complexity index is 1130. The van der Waals surface area contributed by atoms with Crippen LogP contribution in [0.3, 0.4) is 0 Å². The number of nitrogens with one attached hydrogen (secondary N) is 1. The Hall–Kier alpha value is -3.73.